The van der Waals surface area contributed by atoms with Crippen molar-refractivity contribution in [1.29, 1.82) is 0 Å². The Labute approximate surface area is 152 Å². The van der Waals surface area contributed by atoms with Crippen LogP contribution in [0, 0.1) is 6.92 Å². The van der Waals surface area contributed by atoms with Gasteiger partial charge in [-0.2, -0.15) is 0 Å². The second-order valence-corrected chi connectivity index (χ2v) is 6.28. The summed E-state index contributed by atoms with van der Waals surface area (Å²) in [4.78, 5) is 15.2. The Kier molecular flexibility index (Phi) is 4.95. The van der Waals surface area contributed by atoms with Gasteiger partial charge in [0.15, 0.2) is 5.43 Å². The predicted octanol–water partition coefficient (Wildman–Crippen LogP) is 4.85. The molecule has 0 aliphatic heterocycles. The molecule has 2 aromatic carbocycles. The van der Waals surface area contributed by atoms with Gasteiger partial charge in [0.05, 0.1) is 11.0 Å². The fraction of sp³-hybridized carbons (Fsp3) is 0.190. The lowest BCUT2D eigenvalue weighted by atomic mass is 10.1. The first-order valence-corrected chi connectivity index (χ1v) is 8.38. The summed E-state index contributed by atoms with van der Waals surface area (Å²) in [5.41, 5.74) is 4.79. The molecule has 0 saturated heterocycles. The summed E-state index contributed by atoms with van der Waals surface area (Å²) in [5.74, 6) is 0. The highest BCUT2D eigenvalue weighted by Gasteiger charge is 2.12. The molecular formula is C21H21ClN2O. The van der Waals surface area contributed by atoms with Gasteiger partial charge in [-0.1, -0.05) is 30.3 Å². The minimum absolute atomic E-state index is 0. The third-order valence-corrected chi connectivity index (χ3v) is 4.67. The molecular weight excluding hydrogens is 332 g/mol. The zero-order chi connectivity index (χ0) is 16.5. The number of hydrogen-bond acceptors (Lipinski definition) is 1. The molecule has 4 heteroatoms. The van der Waals surface area contributed by atoms with E-state index >= 15 is 0 Å². The minimum Gasteiger partial charge on any atom is -0.364 e. The number of aromatic nitrogens is 2. The second kappa shape index (κ2) is 7.16. The molecule has 4 aromatic rings. The van der Waals surface area contributed by atoms with Crippen molar-refractivity contribution < 1.29 is 0 Å². The van der Waals surface area contributed by atoms with Crippen molar-refractivity contribution in [2.24, 2.45) is 0 Å². The number of H-pyrrole nitrogens is 1. The second-order valence-electron chi connectivity index (χ2n) is 6.28. The Hall–Kier alpha value is -2.52. The van der Waals surface area contributed by atoms with Gasteiger partial charge in [-0.05, 0) is 43.5 Å². The monoisotopic (exact) mass is 352 g/mol. The summed E-state index contributed by atoms with van der Waals surface area (Å²) >= 11 is 0. The maximum Gasteiger partial charge on any atom is 0.180 e. The van der Waals surface area contributed by atoms with E-state index in [1.807, 2.05) is 18.3 Å². The first-order chi connectivity index (χ1) is 11.7. The number of pyridine rings is 1. The van der Waals surface area contributed by atoms with Crippen molar-refractivity contribution in [3.63, 3.8) is 0 Å². The van der Waals surface area contributed by atoms with Crippen molar-refractivity contribution in [1.82, 2.24) is 9.55 Å². The number of aryl methyl sites for hydroxylation is 3. The molecule has 0 atom stereocenters. The Morgan fingerprint density at radius 2 is 1.80 bits per heavy atom. The van der Waals surface area contributed by atoms with E-state index in [0.29, 0.717) is 0 Å². The summed E-state index contributed by atoms with van der Waals surface area (Å²) in [5, 5.41) is 2.36. The van der Waals surface area contributed by atoms with Gasteiger partial charge < -0.3 is 9.55 Å². The summed E-state index contributed by atoms with van der Waals surface area (Å²) < 4.78 is 2.29. The molecule has 2 heterocycles. The van der Waals surface area contributed by atoms with Gasteiger partial charge in [0, 0.05) is 35.3 Å². The van der Waals surface area contributed by atoms with Crippen molar-refractivity contribution in [3.8, 4) is 0 Å². The van der Waals surface area contributed by atoms with Gasteiger partial charge in [-0.15, -0.1) is 12.4 Å². The average Bonchev–Trinajstić information content (AvgIpc) is 2.90. The van der Waals surface area contributed by atoms with Crippen LogP contribution in [0.3, 0.4) is 0 Å². The molecule has 0 aliphatic rings. The molecule has 4 rings (SSSR count). The number of halogens is 1. The van der Waals surface area contributed by atoms with Gasteiger partial charge in [0.2, 0.25) is 0 Å². The topological polar surface area (TPSA) is 37.8 Å². The van der Waals surface area contributed by atoms with Gasteiger partial charge in [0.1, 0.15) is 0 Å². The largest absolute Gasteiger partial charge is 0.364 e. The van der Waals surface area contributed by atoms with E-state index in [0.717, 1.165) is 36.0 Å². The van der Waals surface area contributed by atoms with Crippen LogP contribution in [-0.4, -0.2) is 9.55 Å². The van der Waals surface area contributed by atoms with Gasteiger partial charge in [-0.25, -0.2) is 0 Å². The molecule has 1 N–H and O–H groups in total. The standard InChI is InChI=1S/C21H20N2O.ClH/c1-15-21-19(11-12-22-15)18-10-9-17(24)14-20(18)23(21)13-5-8-16-6-3-2-4-7-16;/h2-4,6-7,9-12,14,22H,5,8,13H2,1H3;1H. The summed E-state index contributed by atoms with van der Waals surface area (Å²) in [6, 6.07) is 18.0. The van der Waals surface area contributed by atoms with E-state index in [2.05, 4.69) is 46.8 Å². The van der Waals surface area contributed by atoms with Crippen LogP contribution in [0.2, 0.25) is 0 Å². The normalized spacial score (nSPS) is 10.9. The Balaban J connectivity index is 0.00000182. The van der Waals surface area contributed by atoms with E-state index in [1.165, 1.54) is 16.5 Å². The van der Waals surface area contributed by atoms with Crippen molar-refractivity contribution in [2.75, 3.05) is 0 Å². The quantitative estimate of drug-likeness (QED) is 0.560. The Morgan fingerprint density at radius 3 is 2.60 bits per heavy atom. The zero-order valence-corrected chi connectivity index (χ0v) is 15.0. The highest BCUT2D eigenvalue weighted by Crippen LogP contribution is 2.29. The number of hydrogen-bond donors (Lipinski definition) is 1. The van der Waals surface area contributed by atoms with E-state index in [-0.39, 0.29) is 17.8 Å². The molecule has 0 bridgehead atoms. The lowest BCUT2D eigenvalue weighted by Crippen LogP contribution is -2.03. The highest BCUT2D eigenvalue weighted by atomic mass is 35.5. The first-order valence-electron chi connectivity index (χ1n) is 8.38. The Morgan fingerprint density at radius 1 is 1.00 bits per heavy atom. The van der Waals surface area contributed by atoms with E-state index in [1.54, 1.807) is 12.1 Å². The average molecular weight is 353 g/mol. The number of rotatable bonds is 4. The number of nitrogens with one attached hydrogen (secondary N) is 1. The molecule has 0 amide bonds. The number of nitrogens with zero attached hydrogens (tertiary/aromatic N) is 1. The predicted molar refractivity (Wildman–Crippen MR) is 107 cm³/mol. The fourth-order valence-corrected chi connectivity index (χ4v) is 3.57. The van der Waals surface area contributed by atoms with Crippen molar-refractivity contribution in [3.05, 3.63) is 82.3 Å². The third-order valence-electron chi connectivity index (χ3n) is 4.67. The number of benzene rings is 2. The highest BCUT2D eigenvalue weighted by molar-refractivity contribution is 6.08. The van der Waals surface area contributed by atoms with Crippen LogP contribution in [0.5, 0.6) is 0 Å². The fourth-order valence-electron chi connectivity index (χ4n) is 3.57. The molecule has 0 aliphatic carbocycles. The molecule has 3 nitrogen and oxygen atoms in total. The minimum atomic E-state index is 0. The zero-order valence-electron chi connectivity index (χ0n) is 14.2. The SMILES string of the molecule is Cc1[nH]ccc2c3ccc(=O)cc3n(CCCc3ccccc3)c12.Cl. The summed E-state index contributed by atoms with van der Waals surface area (Å²) in [7, 11) is 0. The number of fused-ring (bicyclic) bond motifs is 3. The van der Waals surface area contributed by atoms with Crippen molar-refractivity contribution >= 4 is 34.2 Å². The van der Waals surface area contributed by atoms with E-state index in [9.17, 15) is 4.79 Å². The lowest BCUT2D eigenvalue weighted by molar-refractivity contribution is 0.676. The van der Waals surface area contributed by atoms with E-state index < -0.39 is 0 Å². The Bertz CT molecular complexity index is 1060. The molecule has 0 radical (unpaired) electrons. The number of aromatic amines is 1. The maximum atomic E-state index is 11.9. The smallest absolute Gasteiger partial charge is 0.180 e. The molecule has 2 aromatic heterocycles. The molecule has 0 fully saturated rings. The van der Waals surface area contributed by atoms with E-state index in [4.69, 9.17) is 0 Å². The third kappa shape index (κ3) is 3.20. The molecule has 0 saturated carbocycles. The molecule has 0 unspecified atom stereocenters. The van der Waals surface area contributed by atoms with Crippen LogP contribution in [0.4, 0.5) is 0 Å². The molecule has 25 heavy (non-hydrogen) atoms. The van der Waals surface area contributed by atoms with Crippen LogP contribution < -0.4 is 5.43 Å². The lowest BCUT2D eigenvalue weighted by Gasteiger charge is -2.09. The maximum absolute atomic E-state index is 11.9. The first kappa shape index (κ1) is 17.3. The van der Waals surface area contributed by atoms with Gasteiger partial charge in [-0.3, -0.25) is 4.79 Å². The van der Waals surface area contributed by atoms with Crippen LogP contribution in [0.25, 0.3) is 21.8 Å². The molecule has 128 valence electrons. The van der Waals surface area contributed by atoms with Crippen LogP contribution >= 0.6 is 12.4 Å². The van der Waals surface area contributed by atoms with Crippen LogP contribution in [0.1, 0.15) is 17.7 Å². The van der Waals surface area contributed by atoms with Gasteiger partial charge >= 0.3 is 0 Å². The molecule has 0 spiro atoms. The van der Waals surface area contributed by atoms with Crippen LogP contribution in [-0.2, 0) is 13.0 Å². The van der Waals surface area contributed by atoms with Crippen LogP contribution in [0.15, 0.2) is 65.6 Å². The summed E-state index contributed by atoms with van der Waals surface area (Å²) in [6.45, 7) is 2.99. The van der Waals surface area contributed by atoms with Crippen molar-refractivity contribution in [2.45, 2.75) is 26.3 Å². The van der Waals surface area contributed by atoms with Gasteiger partial charge in [0.25, 0.3) is 0 Å². The summed E-state index contributed by atoms with van der Waals surface area (Å²) in [6.07, 6.45) is 4.05.